The van der Waals surface area contributed by atoms with Crippen LogP contribution in [0.3, 0.4) is 0 Å². The zero-order chi connectivity index (χ0) is 15.4. The molecule has 1 fully saturated rings. The van der Waals surface area contributed by atoms with Crippen molar-refractivity contribution in [2.75, 3.05) is 41.4 Å². The van der Waals surface area contributed by atoms with Crippen molar-refractivity contribution in [2.45, 2.75) is 13.3 Å². The van der Waals surface area contributed by atoms with Gasteiger partial charge in [-0.3, -0.25) is 14.6 Å². The highest BCUT2D eigenvalue weighted by Gasteiger charge is 2.26. The van der Waals surface area contributed by atoms with Crippen LogP contribution in [-0.2, 0) is 4.79 Å². The van der Waals surface area contributed by atoms with Crippen molar-refractivity contribution in [1.82, 2.24) is 10.3 Å². The SMILES string of the molecule is CCC(=O)Nc1c[n+](N2CCN(c3ccccn3)CC2)no1. The molecule has 0 radical (unpaired) electrons. The van der Waals surface area contributed by atoms with E-state index in [1.54, 1.807) is 24.1 Å². The van der Waals surface area contributed by atoms with Crippen molar-refractivity contribution in [2.24, 2.45) is 0 Å². The fraction of sp³-hybridized carbons (Fsp3) is 0.429. The van der Waals surface area contributed by atoms with Crippen molar-refractivity contribution in [3.8, 4) is 0 Å². The number of hydrogen-bond acceptors (Lipinski definition) is 6. The highest BCUT2D eigenvalue weighted by atomic mass is 16.5. The third-order valence-corrected chi connectivity index (χ3v) is 3.56. The highest BCUT2D eigenvalue weighted by molar-refractivity contribution is 5.88. The summed E-state index contributed by atoms with van der Waals surface area (Å²) in [6.45, 7) is 5.10. The molecule has 116 valence electrons. The molecule has 0 aromatic carbocycles. The number of anilines is 2. The minimum absolute atomic E-state index is 0.0942. The zero-order valence-corrected chi connectivity index (χ0v) is 12.5. The van der Waals surface area contributed by atoms with E-state index in [1.165, 1.54) is 0 Å². The second-order valence-corrected chi connectivity index (χ2v) is 5.02. The van der Waals surface area contributed by atoms with E-state index in [4.69, 9.17) is 4.52 Å². The predicted octanol–water partition coefficient (Wildman–Crippen LogP) is 0.164. The summed E-state index contributed by atoms with van der Waals surface area (Å²) in [7, 11) is 0. The quantitative estimate of drug-likeness (QED) is 0.811. The van der Waals surface area contributed by atoms with Crippen LogP contribution in [0.2, 0.25) is 0 Å². The van der Waals surface area contributed by atoms with Gasteiger partial charge in [0.2, 0.25) is 11.2 Å². The maximum atomic E-state index is 11.3. The molecule has 0 bridgehead atoms. The van der Waals surface area contributed by atoms with Gasteiger partial charge in [0.05, 0.1) is 17.9 Å². The first kappa shape index (κ1) is 14.3. The van der Waals surface area contributed by atoms with Crippen molar-refractivity contribution in [3.63, 3.8) is 0 Å². The van der Waals surface area contributed by atoms with Crippen LogP contribution in [0.15, 0.2) is 35.1 Å². The maximum Gasteiger partial charge on any atom is 0.305 e. The van der Waals surface area contributed by atoms with Crippen molar-refractivity contribution in [3.05, 3.63) is 30.6 Å². The molecule has 0 unspecified atom stereocenters. The van der Waals surface area contributed by atoms with Crippen LogP contribution in [-0.4, -0.2) is 42.3 Å². The lowest BCUT2D eigenvalue weighted by molar-refractivity contribution is -0.758. The molecule has 2 aromatic rings. The average Bonchev–Trinajstić information content (AvgIpc) is 3.04. The number of carbonyl (C=O) groups is 1. The average molecular weight is 303 g/mol. The Labute approximate surface area is 128 Å². The molecule has 22 heavy (non-hydrogen) atoms. The third kappa shape index (κ3) is 3.16. The number of nitrogens with zero attached hydrogens (tertiary/aromatic N) is 5. The van der Waals surface area contributed by atoms with E-state index >= 15 is 0 Å². The lowest BCUT2D eigenvalue weighted by atomic mass is 10.3. The number of nitrogens with one attached hydrogen (secondary N) is 1. The van der Waals surface area contributed by atoms with E-state index in [0.717, 1.165) is 32.0 Å². The second kappa shape index (κ2) is 6.42. The van der Waals surface area contributed by atoms with Gasteiger partial charge < -0.3 is 4.90 Å². The molecule has 2 aromatic heterocycles. The Morgan fingerprint density at radius 2 is 2.18 bits per heavy atom. The van der Waals surface area contributed by atoms with Crippen LogP contribution < -0.4 is 20.0 Å². The summed E-state index contributed by atoms with van der Waals surface area (Å²) in [5, 5.41) is 8.65. The monoisotopic (exact) mass is 303 g/mol. The molecule has 1 aliphatic rings. The summed E-state index contributed by atoms with van der Waals surface area (Å²) in [4.78, 5) is 19.6. The van der Waals surface area contributed by atoms with Gasteiger partial charge in [0.1, 0.15) is 5.82 Å². The van der Waals surface area contributed by atoms with Gasteiger partial charge in [-0.15, -0.1) is 5.01 Å². The first-order valence-corrected chi connectivity index (χ1v) is 7.36. The number of pyridine rings is 1. The Kier molecular flexibility index (Phi) is 4.17. The molecule has 1 amide bonds. The Morgan fingerprint density at radius 3 is 2.86 bits per heavy atom. The highest BCUT2D eigenvalue weighted by Crippen LogP contribution is 2.11. The first-order chi connectivity index (χ1) is 10.8. The molecular weight excluding hydrogens is 284 g/mol. The summed E-state index contributed by atoms with van der Waals surface area (Å²) in [5.41, 5.74) is 0. The normalized spacial score (nSPS) is 15.0. The molecule has 1 aliphatic heterocycles. The van der Waals surface area contributed by atoms with Gasteiger partial charge in [0.15, 0.2) is 0 Å². The fourth-order valence-corrected chi connectivity index (χ4v) is 2.32. The smallest absolute Gasteiger partial charge is 0.305 e. The van der Waals surface area contributed by atoms with Gasteiger partial charge in [-0.1, -0.05) is 13.0 Å². The van der Waals surface area contributed by atoms with E-state index in [2.05, 4.69) is 25.5 Å². The topological polar surface area (TPSA) is 78.4 Å². The van der Waals surface area contributed by atoms with Crippen LogP contribution in [0.25, 0.3) is 0 Å². The van der Waals surface area contributed by atoms with Crippen LogP contribution in [0.4, 0.5) is 11.7 Å². The number of hydrogen-bond donors (Lipinski definition) is 1. The van der Waals surface area contributed by atoms with E-state index in [1.807, 2.05) is 18.2 Å². The Bertz CT molecular complexity index is 621. The second-order valence-electron chi connectivity index (χ2n) is 5.02. The van der Waals surface area contributed by atoms with Gasteiger partial charge in [0, 0.05) is 25.7 Å². The molecule has 0 aliphatic carbocycles. The lowest BCUT2D eigenvalue weighted by Crippen LogP contribution is -2.65. The molecule has 8 nitrogen and oxygen atoms in total. The Balaban J connectivity index is 1.58. The van der Waals surface area contributed by atoms with Gasteiger partial charge >= 0.3 is 5.88 Å². The minimum atomic E-state index is -0.0942. The summed E-state index contributed by atoms with van der Waals surface area (Å²) in [5.74, 6) is 1.26. The molecule has 8 heteroatoms. The van der Waals surface area contributed by atoms with Crippen molar-refractivity contribution in [1.29, 1.82) is 0 Å². The largest absolute Gasteiger partial charge is 0.353 e. The van der Waals surface area contributed by atoms with Gasteiger partial charge in [-0.25, -0.2) is 4.98 Å². The summed E-state index contributed by atoms with van der Waals surface area (Å²) in [6.07, 6.45) is 3.89. The summed E-state index contributed by atoms with van der Waals surface area (Å²) >= 11 is 0. The molecular formula is C14H19N6O2+. The third-order valence-electron chi connectivity index (χ3n) is 3.56. The molecule has 0 saturated carbocycles. The molecule has 0 atom stereocenters. The van der Waals surface area contributed by atoms with Gasteiger partial charge in [-0.05, 0) is 12.1 Å². The van der Waals surface area contributed by atoms with Gasteiger partial charge in [0.25, 0.3) is 6.20 Å². The minimum Gasteiger partial charge on any atom is -0.353 e. The van der Waals surface area contributed by atoms with Crippen LogP contribution in [0.1, 0.15) is 13.3 Å². The Hall–Kier alpha value is -2.64. The Morgan fingerprint density at radius 1 is 1.36 bits per heavy atom. The number of piperazine rings is 1. The fourth-order valence-electron chi connectivity index (χ4n) is 2.32. The summed E-state index contributed by atoms with van der Waals surface area (Å²) in [6, 6.07) is 5.91. The number of aromatic nitrogens is 3. The predicted molar refractivity (Wildman–Crippen MR) is 80.0 cm³/mol. The standard InChI is InChI=1S/C14H18N6O2/c1-2-13(21)16-14-11-20(17-22-14)19-9-7-18(8-10-19)12-5-3-4-6-15-12/h3-6,11H,2,7-10H2,1H3/p+1. The number of amides is 1. The van der Waals surface area contributed by atoms with E-state index in [9.17, 15) is 4.79 Å². The van der Waals surface area contributed by atoms with Crippen LogP contribution in [0.5, 0.6) is 0 Å². The number of rotatable bonds is 4. The molecule has 1 N–H and O–H groups in total. The van der Waals surface area contributed by atoms with Crippen molar-refractivity contribution < 1.29 is 14.1 Å². The van der Waals surface area contributed by atoms with Gasteiger partial charge in [-0.2, -0.15) is 0 Å². The van der Waals surface area contributed by atoms with E-state index in [-0.39, 0.29) is 5.91 Å². The number of carbonyl (C=O) groups excluding carboxylic acids is 1. The molecule has 1 saturated heterocycles. The van der Waals surface area contributed by atoms with Crippen molar-refractivity contribution >= 4 is 17.6 Å². The first-order valence-electron chi connectivity index (χ1n) is 7.36. The van der Waals surface area contributed by atoms with E-state index < -0.39 is 0 Å². The van der Waals surface area contributed by atoms with E-state index in [0.29, 0.717) is 12.3 Å². The molecule has 3 heterocycles. The molecule has 3 rings (SSSR count). The zero-order valence-electron chi connectivity index (χ0n) is 12.5. The maximum absolute atomic E-state index is 11.3. The lowest BCUT2D eigenvalue weighted by Gasteiger charge is -2.30. The summed E-state index contributed by atoms with van der Waals surface area (Å²) < 4.78 is 5.12. The molecule has 0 spiro atoms. The van der Waals surface area contributed by atoms with Crippen LogP contribution >= 0.6 is 0 Å². The van der Waals surface area contributed by atoms with Crippen LogP contribution in [0, 0.1) is 0 Å².